The molecule has 0 fully saturated rings. The SMILES string of the molecule is CCCC(O)CNC(=O)c1ccccc1I. The molecule has 1 amide bonds. The minimum absolute atomic E-state index is 0.125. The van der Waals surface area contributed by atoms with Gasteiger partial charge in [0.15, 0.2) is 0 Å². The standard InChI is InChI=1S/C12H16INO2/c1-2-5-9(15)8-14-12(16)10-6-3-4-7-11(10)13/h3-4,6-7,9,15H,2,5,8H2,1H3,(H,14,16). The number of benzene rings is 1. The minimum Gasteiger partial charge on any atom is -0.391 e. The number of hydrogen-bond donors (Lipinski definition) is 2. The van der Waals surface area contributed by atoms with Crippen LogP contribution in [0.15, 0.2) is 24.3 Å². The number of aliphatic hydroxyl groups is 1. The van der Waals surface area contributed by atoms with Crippen LogP contribution in [-0.4, -0.2) is 23.7 Å². The molecule has 16 heavy (non-hydrogen) atoms. The maximum absolute atomic E-state index is 11.7. The van der Waals surface area contributed by atoms with Crippen LogP contribution < -0.4 is 5.32 Å². The van der Waals surface area contributed by atoms with E-state index in [0.29, 0.717) is 18.5 Å². The summed E-state index contributed by atoms with van der Waals surface area (Å²) in [5, 5.41) is 12.2. The summed E-state index contributed by atoms with van der Waals surface area (Å²) in [5.41, 5.74) is 0.659. The Bertz CT molecular complexity index is 355. The molecule has 0 saturated carbocycles. The summed E-state index contributed by atoms with van der Waals surface area (Å²) in [7, 11) is 0. The van der Waals surface area contributed by atoms with Crippen molar-refractivity contribution in [1.29, 1.82) is 0 Å². The van der Waals surface area contributed by atoms with Crippen LogP contribution in [-0.2, 0) is 0 Å². The van der Waals surface area contributed by atoms with Gasteiger partial charge >= 0.3 is 0 Å². The second kappa shape index (κ2) is 6.85. The first-order valence-electron chi connectivity index (χ1n) is 5.36. The van der Waals surface area contributed by atoms with Gasteiger partial charge in [-0.2, -0.15) is 0 Å². The van der Waals surface area contributed by atoms with E-state index in [9.17, 15) is 9.90 Å². The molecule has 0 aliphatic carbocycles. The number of rotatable bonds is 5. The Kier molecular flexibility index (Phi) is 5.76. The summed E-state index contributed by atoms with van der Waals surface area (Å²) in [4.78, 5) is 11.7. The van der Waals surface area contributed by atoms with Gasteiger partial charge in [-0.05, 0) is 41.1 Å². The van der Waals surface area contributed by atoms with Gasteiger partial charge in [0.2, 0.25) is 0 Å². The van der Waals surface area contributed by atoms with E-state index in [1.54, 1.807) is 6.07 Å². The average Bonchev–Trinajstić information content (AvgIpc) is 2.27. The highest BCUT2D eigenvalue weighted by Gasteiger charge is 2.10. The highest BCUT2D eigenvalue weighted by molar-refractivity contribution is 14.1. The molecule has 0 heterocycles. The van der Waals surface area contributed by atoms with Gasteiger partial charge in [-0.15, -0.1) is 0 Å². The highest BCUT2D eigenvalue weighted by atomic mass is 127. The van der Waals surface area contributed by atoms with Gasteiger partial charge in [0.1, 0.15) is 0 Å². The van der Waals surface area contributed by atoms with Crippen molar-refractivity contribution < 1.29 is 9.90 Å². The second-order valence-electron chi connectivity index (χ2n) is 3.63. The van der Waals surface area contributed by atoms with Gasteiger partial charge in [-0.3, -0.25) is 4.79 Å². The van der Waals surface area contributed by atoms with E-state index < -0.39 is 6.10 Å². The maximum atomic E-state index is 11.7. The fraction of sp³-hybridized carbons (Fsp3) is 0.417. The summed E-state index contributed by atoms with van der Waals surface area (Å²) in [6.45, 7) is 2.32. The Morgan fingerprint density at radius 1 is 1.50 bits per heavy atom. The Labute approximate surface area is 109 Å². The zero-order chi connectivity index (χ0) is 12.0. The lowest BCUT2D eigenvalue weighted by molar-refractivity contribution is 0.0909. The van der Waals surface area contributed by atoms with Crippen molar-refractivity contribution in [3.05, 3.63) is 33.4 Å². The summed E-state index contributed by atoms with van der Waals surface area (Å²) in [6, 6.07) is 7.39. The van der Waals surface area contributed by atoms with E-state index in [0.717, 1.165) is 9.99 Å². The van der Waals surface area contributed by atoms with Gasteiger partial charge in [0.25, 0.3) is 5.91 Å². The third kappa shape index (κ3) is 4.09. The number of aliphatic hydroxyl groups excluding tert-OH is 1. The Hall–Kier alpha value is -0.620. The molecule has 1 aromatic carbocycles. The van der Waals surface area contributed by atoms with Gasteiger partial charge in [0, 0.05) is 10.1 Å². The smallest absolute Gasteiger partial charge is 0.252 e. The van der Waals surface area contributed by atoms with Crippen LogP contribution in [0.3, 0.4) is 0 Å². The van der Waals surface area contributed by atoms with Crippen molar-refractivity contribution in [3.8, 4) is 0 Å². The third-order valence-corrected chi connectivity index (χ3v) is 3.18. The Morgan fingerprint density at radius 3 is 2.81 bits per heavy atom. The van der Waals surface area contributed by atoms with E-state index in [1.807, 2.05) is 25.1 Å². The largest absolute Gasteiger partial charge is 0.391 e. The van der Waals surface area contributed by atoms with Gasteiger partial charge in [0.05, 0.1) is 11.7 Å². The van der Waals surface area contributed by atoms with Crippen molar-refractivity contribution >= 4 is 28.5 Å². The van der Waals surface area contributed by atoms with Crippen LogP contribution >= 0.6 is 22.6 Å². The van der Waals surface area contributed by atoms with Gasteiger partial charge in [-0.25, -0.2) is 0 Å². The molecule has 1 rings (SSSR count). The monoisotopic (exact) mass is 333 g/mol. The quantitative estimate of drug-likeness (QED) is 0.812. The molecule has 1 atom stereocenters. The van der Waals surface area contributed by atoms with Crippen LogP contribution in [0.5, 0.6) is 0 Å². The number of hydrogen-bond acceptors (Lipinski definition) is 2. The number of nitrogens with one attached hydrogen (secondary N) is 1. The summed E-state index contributed by atoms with van der Waals surface area (Å²) >= 11 is 2.13. The predicted molar refractivity (Wildman–Crippen MR) is 72.4 cm³/mol. The second-order valence-corrected chi connectivity index (χ2v) is 4.79. The molecule has 0 aromatic heterocycles. The molecule has 3 nitrogen and oxygen atoms in total. The van der Waals surface area contributed by atoms with Crippen LogP contribution in [0.2, 0.25) is 0 Å². The first-order valence-corrected chi connectivity index (χ1v) is 6.43. The maximum Gasteiger partial charge on any atom is 0.252 e. The molecule has 0 bridgehead atoms. The molecule has 1 unspecified atom stereocenters. The van der Waals surface area contributed by atoms with Crippen molar-refractivity contribution in [2.24, 2.45) is 0 Å². The van der Waals surface area contributed by atoms with E-state index in [-0.39, 0.29) is 5.91 Å². The lowest BCUT2D eigenvalue weighted by Crippen LogP contribution is -2.32. The van der Waals surface area contributed by atoms with E-state index in [4.69, 9.17) is 0 Å². The molecule has 0 aliphatic rings. The molecule has 88 valence electrons. The van der Waals surface area contributed by atoms with E-state index >= 15 is 0 Å². The number of carbonyl (C=O) groups is 1. The minimum atomic E-state index is -0.449. The predicted octanol–water partition coefficient (Wildman–Crippen LogP) is 2.18. The molecule has 2 N–H and O–H groups in total. The Morgan fingerprint density at radius 2 is 2.19 bits per heavy atom. The van der Waals surface area contributed by atoms with E-state index in [1.165, 1.54) is 0 Å². The van der Waals surface area contributed by atoms with Crippen molar-refractivity contribution in [2.75, 3.05) is 6.54 Å². The number of halogens is 1. The number of amides is 1. The average molecular weight is 333 g/mol. The van der Waals surface area contributed by atoms with Crippen LogP contribution in [0, 0.1) is 3.57 Å². The lowest BCUT2D eigenvalue weighted by Gasteiger charge is -2.11. The van der Waals surface area contributed by atoms with Crippen molar-refractivity contribution in [3.63, 3.8) is 0 Å². The summed E-state index contributed by atoms with van der Waals surface area (Å²) in [6.07, 6.45) is 1.18. The fourth-order valence-corrected chi connectivity index (χ4v) is 2.02. The zero-order valence-corrected chi connectivity index (χ0v) is 11.4. The van der Waals surface area contributed by atoms with Crippen LogP contribution in [0.4, 0.5) is 0 Å². The normalized spacial score (nSPS) is 12.2. The first-order chi connectivity index (χ1) is 7.65. The number of carbonyl (C=O) groups excluding carboxylic acids is 1. The van der Waals surface area contributed by atoms with Gasteiger partial charge < -0.3 is 10.4 Å². The molecule has 0 radical (unpaired) electrons. The topological polar surface area (TPSA) is 49.3 Å². The lowest BCUT2D eigenvalue weighted by atomic mass is 10.2. The molecule has 1 aromatic rings. The molecule has 4 heteroatoms. The highest BCUT2D eigenvalue weighted by Crippen LogP contribution is 2.11. The van der Waals surface area contributed by atoms with Crippen LogP contribution in [0.25, 0.3) is 0 Å². The summed E-state index contributed by atoms with van der Waals surface area (Å²) in [5.74, 6) is -0.125. The third-order valence-electron chi connectivity index (χ3n) is 2.24. The van der Waals surface area contributed by atoms with Crippen molar-refractivity contribution in [1.82, 2.24) is 5.32 Å². The molecule has 0 saturated heterocycles. The van der Waals surface area contributed by atoms with E-state index in [2.05, 4.69) is 27.9 Å². The molecular formula is C12H16INO2. The Balaban J connectivity index is 2.50. The zero-order valence-electron chi connectivity index (χ0n) is 9.24. The van der Waals surface area contributed by atoms with Crippen molar-refractivity contribution in [2.45, 2.75) is 25.9 Å². The van der Waals surface area contributed by atoms with Crippen LogP contribution in [0.1, 0.15) is 30.1 Å². The summed E-state index contributed by atoms with van der Waals surface area (Å²) < 4.78 is 0.919. The van der Waals surface area contributed by atoms with Gasteiger partial charge in [-0.1, -0.05) is 25.5 Å². The first kappa shape index (κ1) is 13.4. The molecular weight excluding hydrogens is 317 g/mol. The molecule has 0 aliphatic heterocycles. The fourth-order valence-electron chi connectivity index (χ4n) is 1.39. The molecule has 0 spiro atoms.